The summed E-state index contributed by atoms with van der Waals surface area (Å²) in [6.45, 7) is 1.53. The van der Waals surface area contributed by atoms with Gasteiger partial charge >= 0.3 is 0 Å². The lowest BCUT2D eigenvalue weighted by molar-refractivity contribution is -0.134. The SMILES string of the molecule is COc1ccc(C2=NN(C(=O)CN3CCC(C(N)=O)CC3)C(c3ccccc3OC)C2)cc1OC. The number of hydrazone groups is 1. The van der Waals surface area contributed by atoms with Crippen LogP contribution in [0.3, 0.4) is 0 Å². The molecular weight excluding hydrogens is 448 g/mol. The fraction of sp³-hybridized carbons (Fsp3) is 0.423. The number of methoxy groups -OCH3 is 3. The number of primary amides is 1. The third kappa shape index (κ3) is 5.24. The van der Waals surface area contributed by atoms with Gasteiger partial charge in [-0.05, 0) is 50.2 Å². The molecule has 1 atom stereocenters. The van der Waals surface area contributed by atoms with Crippen molar-refractivity contribution in [2.75, 3.05) is 41.0 Å². The van der Waals surface area contributed by atoms with E-state index >= 15 is 0 Å². The van der Waals surface area contributed by atoms with Crippen LogP contribution < -0.4 is 19.9 Å². The first-order chi connectivity index (χ1) is 16.9. The lowest BCUT2D eigenvalue weighted by atomic mass is 9.96. The Morgan fingerprint density at radius 3 is 2.31 bits per heavy atom. The van der Waals surface area contributed by atoms with E-state index in [2.05, 4.69) is 4.90 Å². The van der Waals surface area contributed by atoms with E-state index in [0.29, 0.717) is 49.6 Å². The largest absolute Gasteiger partial charge is 0.496 e. The minimum atomic E-state index is -0.301. The highest BCUT2D eigenvalue weighted by atomic mass is 16.5. The van der Waals surface area contributed by atoms with Gasteiger partial charge in [0.1, 0.15) is 5.75 Å². The van der Waals surface area contributed by atoms with Gasteiger partial charge in [-0.2, -0.15) is 5.10 Å². The molecule has 2 aromatic rings. The second kappa shape index (κ2) is 10.8. The molecule has 0 bridgehead atoms. The number of nitrogens with two attached hydrogens (primary N) is 1. The van der Waals surface area contributed by atoms with Gasteiger partial charge in [0.25, 0.3) is 5.91 Å². The molecule has 1 saturated heterocycles. The maximum Gasteiger partial charge on any atom is 0.257 e. The summed E-state index contributed by atoms with van der Waals surface area (Å²) in [5.74, 6) is 1.45. The molecule has 9 nitrogen and oxygen atoms in total. The molecule has 9 heteroatoms. The van der Waals surface area contributed by atoms with Crippen LogP contribution in [0.4, 0.5) is 0 Å². The number of piperidine rings is 1. The monoisotopic (exact) mass is 480 g/mol. The minimum absolute atomic E-state index is 0.103. The number of hydrogen-bond donors (Lipinski definition) is 1. The van der Waals surface area contributed by atoms with Crippen LogP contribution in [0.15, 0.2) is 47.6 Å². The molecule has 0 saturated carbocycles. The van der Waals surface area contributed by atoms with Crippen molar-refractivity contribution in [1.82, 2.24) is 9.91 Å². The van der Waals surface area contributed by atoms with E-state index in [4.69, 9.17) is 25.0 Å². The number of carbonyl (C=O) groups excluding carboxylic acids is 2. The van der Waals surface area contributed by atoms with E-state index in [1.54, 1.807) is 26.3 Å². The minimum Gasteiger partial charge on any atom is -0.496 e. The Kier molecular flexibility index (Phi) is 7.55. The fourth-order valence-electron chi connectivity index (χ4n) is 4.75. The van der Waals surface area contributed by atoms with Crippen molar-refractivity contribution in [3.63, 3.8) is 0 Å². The number of likely N-dealkylation sites (tertiary alicyclic amines) is 1. The molecule has 2 aliphatic rings. The van der Waals surface area contributed by atoms with Crippen LogP contribution in [-0.4, -0.2) is 68.4 Å². The zero-order chi connectivity index (χ0) is 24.9. The highest BCUT2D eigenvalue weighted by Gasteiger charge is 2.36. The number of hydrogen-bond acceptors (Lipinski definition) is 7. The van der Waals surface area contributed by atoms with Gasteiger partial charge in [0, 0.05) is 23.5 Å². The van der Waals surface area contributed by atoms with E-state index in [9.17, 15) is 9.59 Å². The number of carbonyl (C=O) groups is 2. The van der Waals surface area contributed by atoms with Gasteiger partial charge in [0.05, 0.1) is 39.6 Å². The predicted octanol–water partition coefficient (Wildman–Crippen LogP) is 2.59. The molecule has 4 rings (SSSR count). The summed E-state index contributed by atoms with van der Waals surface area (Å²) < 4.78 is 16.4. The first-order valence-corrected chi connectivity index (χ1v) is 11.7. The van der Waals surface area contributed by atoms with E-state index in [1.807, 2.05) is 42.5 Å². The molecule has 0 radical (unpaired) electrons. The third-order valence-corrected chi connectivity index (χ3v) is 6.73. The van der Waals surface area contributed by atoms with Crippen molar-refractivity contribution in [2.45, 2.75) is 25.3 Å². The first-order valence-electron chi connectivity index (χ1n) is 11.7. The summed E-state index contributed by atoms with van der Waals surface area (Å²) in [4.78, 5) is 27.1. The molecular formula is C26H32N4O5. The van der Waals surface area contributed by atoms with Crippen molar-refractivity contribution in [3.05, 3.63) is 53.6 Å². The van der Waals surface area contributed by atoms with Crippen LogP contribution >= 0.6 is 0 Å². The molecule has 1 unspecified atom stereocenters. The number of rotatable bonds is 8. The second-order valence-corrected chi connectivity index (χ2v) is 8.77. The van der Waals surface area contributed by atoms with Gasteiger partial charge in [0.15, 0.2) is 11.5 Å². The van der Waals surface area contributed by atoms with Crippen molar-refractivity contribution < 1.29 is 23.8 Å². The molecule has 2 aliphatic heterocycles. The molecule has 2 N–H and O–H groups in total. The maximum absolute atomic E-state index is 13.5. The van der Waals surface area contributed by atoms with Gasteiger partial charge in [-0.1, -0.05) is 18.2 Å². The molecule has 0 aliphatic carbocycles. The average Bonchev–Trinajstić information content (AvgIpc) is 3.34. The van der Waals surface area contributed by atoms with Gasteiger partial charge < -0.3 is 19.9 Å². The Labute approximate surface area is 205 Å². The zero-order valence-corrected chi connectivity index (χ0v) is 20.4. The smallest absolute Gasteiger partial charge is 0.257 e. The highest BCUT2D eigenvalue weighted by Crippen LogP contribution is 2.38. The quantitative estimate of drug-likeness (QED) is 0.623. The lowest BCUT2D eigenvalue weighted by Crippen LogP contribution is -2.44. The van der Waals surface area contributed by atoms with Crippen molar-refractivity contribution in [2.24, 2.45) is 16.8 Å². The predicted molar refractivity (Wildman–Crippen MR) is 132 cm³/mol. The van der Waals surface area contributed by atoms with Crippen LogP contribution in [0.1, 0.15) is 36.4 Å². The van der Waals surface area contributed by atoms with Crippen molar-refractivity contribution >= 4 is 17.5 Å². The molecule has 35 heavy (non-hydrogen) atoms. The van der Waals surface area contributed by atoms with E-state index in [-0.39, 0.29) is 30.3 Å². The summed E-state index contributed by atoms with van der Waals surface area (Å²) in [6, 6.07) is 13.0. The van der Waals surface area contributed by atoms with E-state index < -0.39 is 0 Å². The second-order valence-electron chi connectivity index (χ2n) is 8.77. The summed E-state index contributed by atoms with van der Waals surface area (Å²) in [7, 11) is 4.81. The molecule has 2 aromatic carbocycles. The van der Waals surface area contributed by atoms with Crippen molar-refractivity contribution in [3.8, 4) is 17.2 Å². The number of benzene rings is 2. The summed E-state index contributed by atoms with van der Waals surface area (Å²) in [5, 5.41) is 6.35. The number of para-hydroxylation sites is 1. The maximum atomic E-state index is 13.5. The third-order valence-electron chi connectivity index (χ3n) is 6.73. The van der Waals surface area contributed by atoms with Crippen LogP contribution in [0, 0.1) is 5.92 Å². The van der Waals surface area contributed by atoms with Gasteiger partial charge in [0.2, 0.25) is 5.91 Å². The Bertz CT molecular complexity index is 1110. The highest BCUT2D eigenvalue weighted by molar-refractivity contribution is 6.03. The van der Waals surface area contributed by atoms with Crippen molar-refractivity contribution in [1.29, 1.82) is 0 Å². The fourth-order valence-corrected chi connectivity index (χ4v) is 4.75. The van der Waals surface area contributed by atoms with Gasteiger partial charge in [-0.3, -0.25) is 14.5 Å². The Balaban J connectivity index is 1.61. The Morgan fingerprint density at radius 1 is 0.971 bits per heavy atom. The van der Waals surface area contributed by atoms with Gasteiger partial charge in [-0.15, -0.1) is 0 Å². The normalized spacial score (nSPS) is 18.8. The zero-order valence-electron chi connectivity index (χ0n) is 20.4. The van der Waals surface area contributed by atoms with E-state index in [1.165, 1.54) is 0 Å². The molecule has 0 spiro atoms. The molecule has 1 fully saturated rings. The average molecular weight is 481 g/mol. The topological polar surface area (TPSA) is 107 Å². The summed E-state index contributed by atoms with van der Waals surface area (Å²) >= 11 is 0. The van der Waals surface area contributed by atoms with Crippen LogP contribution in [0.2, 0.25) is 0 Å². The van der Waals surface area contributed by atoms with Crippen LogP contribution in [0.5, 0.6) is 17.2 Å². The molecule has 2 amide bonds. The molecule has 0 aromatic heterocycles. The first kappa shape index (κ1) is 24.5. The van der Waals surface area contributed by atoms with Crippen LogP contribution in [0.25, 0.3) is 0 Å². The summed E-state index contributed by atoms with van der Waals surface area (Å²) in [6.07, 6.45) is 1.86. The van der Waals surface area contributed by atoms with Gasteiger partial charge in [-0.25, -0.2) is 5.01 Å². The number of ether oxygens (including phenoxy) is 3. The summed E-state index contributed by atoms with van der Waals surface area (Å²) in [5.41, 5.74) is 7.99. The standard InChI is InChI=1S/C26H32N4O5/c1-33-22-7-5-4-6-19(22)21-15-20(18-8-9-23(34-2)24(14-18)35-3)28-30(21)25(31)16-29-12-10-17(11-13-29)26(27)32/h4-9,14,17,21H,10-13,15-16H2,1-3H3,(H2,27,32). The lowest BCUT2D eigenvalue weighted by Gasteiger charge is -2.31. The van der Waals surface area contributed by atoms with E-state index in [0.717, 1.165) is 16.8 Å². The molecule has 2 heterocycles. The number of nitrogens with zero attached hydrogens (tertiary/aromatic N) is 3. The number of amides is 2. The van der Waals surface area contributed by atoms with Crippen LogP contribution in [-0.2, 0) is 9.59 Å². The Morgan fingerprint density at radius 2 is 1.66 bits per heavy atom. The Hall–Kier alpha value is -3.59. The molecule has 186 valence electrons.